The molecule has 0 bridgehead atoms. The summed E-state index contributed by atoms with van der Waals surface area (Å²) in [4.78, 5) is 13.0. The zero-order chi connectivity index (χ0) is 19.8. The molecule has 2 N–H and O–H groups in total. The van der Waals surface area contributed by atoms with Crippen LogP contribution >= 0.6 is 0 Å². The summed E-state index contributed by atoms with van der Waals surface area (Å²) >= 11 is 0. The lowest BCUT2D eigenvalue weighted by Gasteiger charge is -2.18. The maximum atomic E-state index is 13.0. The second-order valence-electron chi connectivity index (χ2n) is 6.76. The molecule has 0 aromatic heterocycles. The topological polar surface area (TPSA) is 58.6 Å². The molecule has 0 aliphatic heterocycles. The average molecular weight is 377 g/mol. The normalized spacial score (nSPS) is 11.9. The second-order valence-corrected chi connectivity index (χ2v) is 6.76. The van der Waals surface area contributed by atoms with Crippen LogP contribution in [0.15, 0.2) is 66.7 Å². The third-order valence-corrected chi connectivity index (χ3v) is 4.94. The molecule has 146 valence electrons. The summed E-state index contributed by atoms with van der Waals surface area (Å²) < 4.78 is 5.71. The van der Waals surface area contributed by atoms with E-state index in [2.05, 4.69) is 17.4 Å². The maximum Gasteiger partial charge on any atom is 0.255 e. The predicted octanol–water partition coefficient (Wildman–Crippen LogP) is 4.52. The van der Waals surface area contributed by atoms with Gasteiger partial charge in [-0.2, -0.15) is 0 Å². The molecule has 0 radical (unpaired) electrons. The van der Waals surface area contributed by atoms with Gasteiger partial charge in [-0.3, -0.25) is 4.79 Å². The van der Waals surface area contributed by atoms with Crippen LogP contribution in [-0.4, -0.2) is 30.8 Å². The number of aliphatic hydroxyl groups is 1. The number of rotatable bonds is 9. The zero-order valence-electron chi connectivity index (χ0n) is 16.2. The summed E-state index contributed by atoms with van der Waals surface area (Å²) in [7, 11) is 0. The van der Waals surface area contributed by atoms with Gasteiger partial charge in [0.2, 0.25) is 0 Å². The number of amides is 1. The van der Waals surface area contributed by atoms with E-state index in [1.807, 2.05) is 61.5 Å². The lowest BCUT2D eigenvalue weighted by Crippen LogP contribution is -2.26. The van der Waals surface area contributed by atoms with Gasteiger partial charge in [0.1, 0.15) is 5.75 Å². The molecule has 4 heteroatoms. The van der Waals surface area contributed by atoms with Crippen molar-refractivity contribution < 1.29 is 14.6 Å². The molecular weight excluding hydrogens is 350 g/mol. The Morgan fingerprint density at radius 2 is 1.75 bits per heavy atom. The minimum absolute atomic E-state index is 0.129. The van der Waals surface area contributed by atoms with Gasteiger partial charge in [0.25, 0.3) is 5.91 Å². The van der Waals surface area contributed by atoms with Crippen LogP contribution in [0.1, 0.15) is 41.6 Å². The lowest BCUT2D eigenvalue weighted by atomic mass is 9.93. The Labute approximate surface area is 166 Å². The zero-order valence-corrected chi connectivity index (χ0v) is 16.2. The Morgan fingerprint density at radius 1 is 1.00 bits per heavy atom. The average Bonchev–Trinajstić information content (AvgIpc) is 2.73. The minimum Gasteiger partial charge on any atom is -0.493 e. The Bertz CT molecular complexity index is 908. The maximum absolute atomic E-state index is 13.0. The number of ether oxygens (including phenoxy) is 1. The van der Waals surface area contributed by atoms with Crippen molar-refractivity contribution >= 4 is 16.7 Å². The molecule has 4 nitrogen and oxygen atoms in total. The van der Waals surface area contributed by atoms with Crippen molar-refractivity contribution in [3.63, 3.8) is 0 Å². The molecule has 0 saturated carbocycles. The highest BCUT2D eigenvalue weighted by Crippen LogP contribution is 2.28. The fraction of sp³-hybridized carbons (Fsp3) is 0.292. The lowest BCUT2D eigenvalue weighted by molar-refractivity contribution is 0.0950. The summed E-state index contributed by atoms with van der Waals surface area (Å²) in [6, 6.07) is 21.8. The van der Waals surface area contributed by atoms with Crippen LogP contribution in [-0.2, 0) is 0 Å². The van der Waals surface area contributed by atoms with E-state index in [9.17, 15) is 9.90 Å². The van der Waals surface area contributed by atoms with Gasteiger partial charge in [-0.15, -0.1) is 0 Å². The van der Waals surface area contributed by atoms with E-state index in [-0.39, 0.29) is 18.4 Å². The summed E-state index contributed by atoms with van der Waals surface area (Å²) in [6.07, 6.45) is 1.45. The van der Waals surface area contributed by atoms with E-state index in [0.29, 0.717) is 30.9 Å². The molecule has 28 heavy (non-hydrogen) atoms. The van der Waals surface area contributed by atoms with Crippen LogP contribution < -0.4 is 10.1 Å². The number of nitrogens with one attached hydrogen (secondary N) is 1. The molecule has 0 spiro atoms. The molecular formula is C24H27NO3. The first-order chi connectivity index (χ1) is 13.7. The molecule has 1 atom stereocenters. The number of hydrogen-bond acceptors (Lipinski definition) is 3. The number of benzene rings is 3. The summed E-state index contributed by atoms with van der Waals surface area (Å²) in [5, 5.41) is 14.3. The van der Waals surface area contributed by atoms with Crippen LogP contribution in [0.5, 0.6) is 5.75 Å². The van der Waals surface area contributed by atoms with E-state index >= 15 is 0 Å². The predicted molar refractivity (Wildman–Crippen MR) is 113 cm³/mol. The van der Waals surface area contributed by atoms with Gasteiger partial charge in [-0.05, 0) is 48.1 Å². The van der Waals surface area contributed by atoms with Gasteiger partial charge in [-0.25, -0.2) is 0 Å². The van der Waals surface area contributed by atoms with E-state index < -0.39 is 0 Å². The molecule has 0 aliphatic carbocycles. The Morgan fingerprint density at radius 3 is 2.50 bits per heavy atom. The fourth-order valence-electron chi connectivity index (χ4n) is 3.57. The van der Waals surface area contributed by atoms with Crippen LogP contribution in [0.25, 0.3) is 10.8 Å². The summed E-state index contributed by atoms with van der Waals surface area (Å²) in [5.74, 6) is 0.690. The van der Waals surface area contributed by atoms with Crippen molar-refractivity contribution in [2.24, 2.45) is 0 Å². The van der Waals surface area contributed by atoms with Gasteiger partial charge < -0.3 is 15.2 Å². The van der Waals surface area contributed by atoms with Crippen LogP contribution in [0.3, 0.4) is 0 Å². The van der Waals surface area contributed by atoms with Gasteiger partial charge in [0.05, 0.1) is 12.2 Å². The number of carbonyl (C=O) groups is 1. The van der Waals surface area contributed by atoms with Gasteiger partial charge in [0.15, 0.2) is 0 Å². The number of fused-ring (bicyclic) bond motifs is 1. The van der Waals surface area contributed by atoms with E-state index in [1.165, 1.54) is 5.56 Å². The van der Waals surface area contributed by atoms with Crippen molar-refractivity contribution in [1.29, 1.82) is 0 Å². The monoisotopic (exact) mass is 377 g/mol. The number of aliphatic hydroxyl groups excluding tert-OH is 1. The molecule has 1 amide bonds. The largest absolute Gasteiger partial charge is 0.493 e. The van der Waals surface area contributed by atoms with Gasteiger partial charge >= 0.3 is 0 Å². The smallest absolute Gasteiger partial charge is 0.255 e. The SMILES string of the molecule is CCOc1ccc2ccccc2c1C(=O)NCCC(CCO)c1ccccc1. The Balaban J connectivity index is 1.75. The van der Waals surface area contributed by atoms with Gasteiger partial charge in [-0.1, -0.05) is 60.7 Å². The molecule has 3 aromatic carbocycles. The van der Waals surface area contributed by atoms with Crippen molar-refractivity contribution in [3.8, 4) is 5.75 Å². The third kappa shape index (κ3) is 4.70. The van der Waals surface area contributed by atoms with E-state index in [4.69, 9.17) is 4.74 Å². The highest BCUT2D eigenvalue weighted by Gasteiger charge is 2.17. The Kier molecular flexibility index (Phi) is 7.04. The van der Waals surface area contributed by atoms with E-state index in [1.54, 1.807) is 0 Å². The summed E-state index contributed by atoms with van der Waals surface area (Å²) in [5.41, 5.74) is 1.77. The number of hydrogen-bond donors (Lipinski definition) is 2. The first kappa shape index (κ1) is 19.9. The third-order valence-electron chi connectivity index (χ3n) is 4.94. The van der Waals surface area contributed by atoms with Gasteiger partial charge in [0, 0.05) is 13.2 Å². The summed E-state index contributed by atoms with van der Waals surface area (Å²) in [6.45, 7) is 3.08. The molecule has 0 fully saturated rings. The fourth-order valence-corrected chi connectivity index (χ4v) is 3.57. The van der Waals surface area contributed by atoms with Crippen LogP contribution in [0.4, 0.5) is 0 Å². The van der Waals surface area contributed by atoms with Crippen LogP contribution in [0.2, 0.25) is 0 Å². The first-order valence-electron chi connectivity index (χ1n) is 9.83. The van der Waals surface area contributed by atoms with E-state index in [0.717, 1.165) is 17.2 Å². The van der Waals surface area contributed by atoms with Crippen LogP contribution in [0, 0.1) is 0 Å². The first-order valence-corrected chi connectivity index (χ1v) is 9.83. The molecule has 1 unspecified atom stereocenters. The van der Waals surface area contributed by atoms with Crippen molar-refractivity contribution in [2.75, 3.05) is 19.8 Å². The Hall–Kier alpha value is -2.85. The number of carbonyl (C=O) groups excluding carboxylic acids is 1. The molecule has 0 aliphatic rings. The highest BCUT2D eigenvalue weighted by atomic mass is 16.5. The van der Waals surface area contributed by atoms with Crippen molar-refractivity contribution in [2.45, 2.75) is 25.7 Å². The minimum atomic E-state index is -0.129. The molecule has 3 aromatic rings. The quantitative estimate of drug-likeness (QED) is 0.576. The molecule has 0 saturated heterocycles. The second kappa shape index (κ2) is 9.90. The molecule has 3 rings (SSSR count). The highest BCUT2D eigenvalue weighted by molar-refractivity contribution is 6.09. The molecule has 0 heterocycles. The standard InChI is InChI=1S/C24H27NO3/c1-2-28-22-13-12-20-10-6-7-11-21(20)23(22)24(27)25-16-14-19(15-17-26)18-8-4-3-5-9-18/h3-13,19,26H,2,14-17H2,1H3,(H,25,27). The van der Waals surface area contributed by atoms with Crippen molar-refractivity contribution in [1.82, 2.24) is 5.32 Å². The van der Waals surface area contributed by atoms with Crippen molar-refractivity contribution in [3.05, 3.63) is 77.9 Å².